The molecule has 2 heterocycles. The van der Waals surface area contributed by atoms with Gasteiger partial charge in [0.1, 0.15) is 12.4 Å². The average molecular weight is 516 g/mol. The Balaban J connectivity index is 1.54. The number of rotatable bonds is 9. The lowest BCUT2D eigenvalue weighted by molar-refractivity contribution is 0.0342. The van der Waals surface area contributed by atoms with E-state index in [4.69, 9.17) is 21.1 Å². The van der Waals surface area contributed by atoms with Crippen LogP contribution in [-0.4, -0.2) is 46.8 Å². The number of ether oxygens (including phenoxy) is 2. The number of hydrogen-bond acceptors (Lipinski definition) is 5. The van der Waals surface area contributed by atoms with Crippen molar-refractivity contribution in [3.05, 3.63) is 106 Å². The number of aryl methyl sites for hydroxylation is 1. The quantitative estimate of drug-likeness (QED) is 0.272. The van der Waals surface area contributed by atoms with Crippen LogP contribution in [0.15, 0.2) is 79.1 Å². The van der Waals surface area contributed by atoms with Crippen molar-refractivity contribution in [2.45, 2.75) is 19.6 Å². The number of benzene rings is 3. The van der Waals surface area contributed by atoms with E-state index in [0.29, 0.717) is 22.9 Å². The lowest BCUT2D eigenvalue weighted by Crippen LogP contribution is -2.35. The fourth-order valence-corrected chi connectivity index (χ4v) is 4.80. The van der Waals surface area contributed by atoms with Crippen LogP contribution in [0.3, 0.4) is 0 Å². The second-order valence-electron chi connectivity index (χ2n) is 9.30. The standard InChI is InChI=1S/C30H30ClN3O3/c1-33-19-25(18-32-33)27-17-28(29(35)15-23-8-5-9-26(31)14-23)30(37-21-22-6-3-2-4-7-22)16-24(27)20-34-10-12-36-13-11-34/h2-9,14,16-19H,10-13,15,20-21H2,1H3. The van der Waals surface area contributed by atoms with Gasteiger partial charge in [0, 0.05) is 49.9 Å². The van der Waals surface area contributed by atoms with Gasteiger partial charge in [0.15, 0.2) is 5.78 Å². The first-order valence-corrected chi connectivity index (χ1v) is 12.8. The van der Waals surface area contributed by atoms with Gasteiger partial charge in [-0.05, 0) is 46.5 Å². The Morgan fingerprint density at radius 1 is 1.03 bits per heavy atom. The molecular weight excluding hydrogens is 486 g/mol. The van der Waals surface area contributed by atoms with E-state index in [2.05, 4.69) is 10.00 Å². The Kier molecular flexibility index (Phi) is 7.99. The van der Waals surface area contributed by atoms with Crippen molar-refractivity contribution in [2.24, 2.45) is 7.05 Å². The summed E-state index contributed by atoms with van der Waals surface area (Å²) in [4.78, 5) is 16.0. The van der Waals surface area contributed by atoms with Crippen molar-refractivity contribution in [3.8, 4) is 16.9 Å². The maximum absolute atomic E-state index is 13.7. The molecule has 1 aliphatic heterocycles. The second-order valence-corrected chi connectivity index (χ2v) is 9.74. The summed E-state index contributed by atoms with van der Waals surface area (Å²) in [5, 5.41) is 5.00. The highest BCUT2D eigenvalue weighted by Crippen LogP contribution is 2.33. The van der Waals surface area contributed by atoms with Gasteiger partial charge in [-0.25, -0.2) is 0 Å². The summed E-state index contributed by atoms with van der Waals surface area (Å²) in [6.45, 7) is 4.27. The zero-order chi connectivity index (χ0) is 25.6. The van der Waals surface area contributed by atoms with Gasteiger partial charge < -0.3 is 9.47 Å². The normalized spacial score (nSPS) is 14.0. The van der Waals surface area contributed by atoms with Crippen LogP contribution in [0, 0.1) is 0 Å². The molecule has 6 nitrogen and oxygen atoms in total. The SMILES string of the molecule is Cn1cc(-c2cc(C(=O)Cc3cccc(Cl)c3)c(OCc3ccccc3)cc2CN2CCOCC2)cn1. The van der Waals surface area contributed by atoms with E-state index in [0.717, 1.165) is 60.7 Å². The Morgan fingerprint density at radius 2 is 1.81 bits per heavy atom. The lowest BCUT2D eigenvalue weighted by atomic mass is 9.94. The van der Waals surface area contributed by atoms with E-state index in [-0.39, 0.29) is 12.2 Å². The Morgan fingerprint density at radius 3 is 2.54 bits per heavy atom. The first kappa shape index (κ1) is 25.2. The summed E-state index contributed by atoms with van der Waals surface area (Å²) in [7, 11) is 1.90. The molecule has 190 valence electrons. The Hall–Kier alpha value is -3.45. The fourth-order valence-electron chi connectivity index (χ4n) is 4.58. The highest BCUT2D eigenvalue weighted by Gasteiger charge is 2.21. The molecule has 0 atom stereocenters. The zero-order valence-electron chi connectivity index (χ0n) is 20.9. The second kappa shape index (κ2) is 11.7. The number of carbonyl (C=O) groups is 1. The molecule has 1 aromatic heterocycles. The van der Waals surface area contributed by atoms with Gasteiger partial charge in [-0.1, -0.05) is 54.1 Å². The summed E-state index contributed by atoms with van der Waals surface area (Å²) in [6.07, 6.45) is 4.05. The van der Waals surface area contributed by atoms with E-state index in [9.17, 15) is 4.79 Å². The predicted octanol–water partition coefficient (Wildman–Crippen LogP) is 5.58. The number of nitrogens with zero attached hydrogens (tertiary/aromatic N) is 3. The van der Waals surface area contributed by atoms with E-state index in [1.165, 1.54) is 0 Å². The minimum atomic E-state index is -0.0200. The molecule has 4 aromatic rings. The van der Waals surface area contributed by atoms with Crippen LogP contribution in [0.1, 0.15) is 27.0 Å². The van der Waals surface area contributed by atoms with E-state index in [1.807, 2.05) is 86.2 Å². The third kappa shape index (κ3) is 6.46. The molecule has 1 saturated heterocycles. The molecule has 0 N–H and O–H groups in total. The molecule has 0 amide bonds. The zero-order valence-corrected chi connectivity index (χ0v) is 21.7. The first-order chi connectivity index (χ1) is 18.0. The summed E-state index contributed by atoms with van der Waals surface area (Å²) in [5.74, 6) is 0.570. The number of hydrogen-bond donors (Lipinski definition) is 0. The van der Waals surface area contributed by atoms with E-state index in [1.54, 1.807) is 4.68 Å². The van der Waals surface area contributed by atoms with Gasteiger partial charge in [0.05, 0.1) is 25.0 Å². The first-order valence-electron chi connectivity index (χ1n) is 12.5. The highest BCUT2D eigenvalue weighted by molar-refractivity contribution is 6.30. The topological polar surface area (TPSA) is 56.6 Å². The smallest absolute Gasteiger partial charge is 0.170 e. The van der Waals surface area contributed by atoms with Crippen LogP contribution in [0.25, 0.3) is 11.1 Å². The van der Waals surface area contributed by atoms with Crippen molar-refractivity contribution in [3.63, 3.8) is 0 Å². The summed E-state index contributed by atoms with van der Waals surface area (Å²) >= 11 is 6.19. The number of halogens is 1. The van der Waals surface area contributed by atoms with Crippen molar-refractivity contribution >= 4 is 17.4 Å². The van der Waals surface area contributed by atoms with Crippen LogP contribution >= 0.6 is 11.6 Å². The molecule has 0 saturated carbocycles. The van der Waals surface area contributed by atoms with Crippen molar-refractivity contribution in [1.82, 2.24) is 14.7 Å². The Labute approximate surface area is 222 Å². The molecule has 1 fully saturated rings. The molecule has 37 heavy (non-hydrogen) atoms. The lowest BCUT2D eigenvalue weighted by Gasteiger charge is -2.28. The van der Waals surface area contributed by atoms with Gasteiger partial charge in [0.25, 0.3) is 0 Å². The van der Waals surface area contributed by atoms with Crippen LogP contribution in [0.4, 0.5) is 0 Å². The van der Waals surface area contributed by atoms with Crippen LogP contribution in [0.2, 0.25) is 5.02 Å². The highest BCUT2D eigenvalue weighted by atomic mass is 35.5. The number of aromatic nitrogens is 2. The Bertz CT molecular complexity index is 1360. The largest absolute Gasteiger partial charge is 0.488 e. The van der Waals surface area contributed by atoms with Gasteiger partial charge in [-0.3, -0.25) is 14.4 Å². The fraction of sp³-hybridized carbons (Fsp3) is 0.267. The summed E-state index contributed by atoms with van der Waals surface area (Å²) < 4.78 is 13.6. The van der Waals surface area contributed by atoms with Crippen LogP contribution in [-0.2, 0) is 31.4 Å². The molecule has 3 aromatic carbocycles. The molecular formula is C30H30ClN3O3. The molecule has 0 unspecified atom stereocenters. The maximum atomic E-state index is 13.7. The molecule has 0 radical (unpaired) electrons. The number of Topliss-reactive ketones (excluding diaryl/α,β-unsaturated/α-hetero) is 1. The molecule has 0 spiro atoms. The average Bonchev–Trinajstić information content (AvgIpc) is 3.34. The third-order valence-corrected chi connectivity index (χ3v) is 6.75. The third-order valence-electron chi connectivity index (χ3n) is 6.51. The van der Waals surface area contributed by atoms with Crippen LogP contribution in [0.5, 0.6) is 5.75 Å². The minimum absolute atomic E-state index is 0.0200. The van der Waals surface area contributed by atoms with Gasteiger partial charge >= 0.3 is 0 Å². The molecule has 7 heteroatoms. The van der Waals surface area contributed by atoms with Gasteiger partial charge in [-0.2, -0.15) is 5.10 Å². The van der Waals surface area contributed by atoms with Crippen molar-refractivity contribution in [2.75, 3.05) is 26.3 Å². The number of ketones is 1. The summed E-state index contributed by atoms with van der Waals surface area (Å²) in [5.41, 5.74) is 5.52. The van der Waals surface area contributed by atoms with E-state index < -0.39 is 0 Å². The predicted molar refractivity (Wildman–Crippen MR) is 145 cm³/mol. The minimum Gasteiger partial charge on any atom is -0.488 e. The van der Waals surface area contributed by atoms with Crippen molar-refractivity contribution in [1.29, 1.82) is 0 Å². The number of morpholine rings is 1. The van der Waals surface area contributed by atoms with E-state index >= 15 is 0 Å². The van der Waals surface area contributed by atoms with Gasteiger partial charge in [-0.15, -0.1) is 0 Å². The number of carbonyl (C=O) groups excluding carboxylic acids is 1. The monoisotopic (exact) mass is 515 g/mol. The van der Waals surface area contributed by atoms with Gasteiger partial charge in [0.2, 0.25) is 0 Å². The molecule has 5 rings (SSSR count). The maximum Gasteiger partial charge on any atom is 0.170 e. The molecule has 0 aliphatic carbocycles. The van der Waals surface area contributed by atoms with Crippen LogP contribution < -0.4 is 4.74 Å². The molecule has 0 bridgehead atoms. The molecule has 1 aliphatic rings. The van der Waals surface area contributed by atoms with Crippen molar-refractivity contribution < 1.29 is 14.3 Å². The summed E-state index contributed by atoms with van der Waals surface area (Å²) in [6, 6.07) is 21.4.